The minimum Gasteiger partial charge on any atom is -0.316 e. The van der Waals surface area contributed by atoms with Gasteiger partial charge >= 0.3 is 0 Å². The second-order valence-electron chi connectivity index (χ2n) is 3.64. The lowest BCUT2D eigenvalue weighted by molar-refractivity contribution is 0.224. The first-order chi connectivity index (χ1) is 6.36. The van der Waals surface area contributed by atoms with Crippen LogP contribution in [0.25, 0.3) is 0 Å². The quantitative estimate of drug-likeness (QED) is 0.750. The second kappa shape index (κ2) is 3.88. The molecule has 0 radical (unpaired) electrons. The zero-order valence-electron chi connectivity index (χ0n) is 7.54. The molecule has 0 spiro atoms. The number of rotatable bonds is 3. The molecule has 2 rings (SSSR count). The zero-order chi connectivity index (χ0) is 9.10. The van der Waals surface area contributed by atoms with Crippen molar-refractivity contribution in [1.29, 1.82) is 0 Å². The molecule has 1 saturated heterocycles. The molecule has 1 fully saturated rings. The van der Waals surface area contributed by atoms with E-state index in [0.717, 1.165) is 18.7 Å². The largest absolute Gasteiger partial charge is 0.316 e. The van der Waals surface area contributed by atoms with Crippen LogP contribution in [0.3, 0.4) is 0 Å². The second-order valence-corrected chi connectivity index (χ2v) is 3.64. The molecule has 1 unspecified atom stereocenters. The van der Waals surface area contributed by atoms with Crippen LogP contribution < -0.4 is 5.32 Å². The highest BCUT2D eigenvalue weighted by Gasteiger charge is 2.21. The summed E-state index contributed by atoms with van der Waals surface area (Å²) in [6, 6.07) is 9.41. The molecule has 0 bridgehead atoms. The molecule has 0 aliphatic carbocycles. The predicted octanol–water partition coefficient (Wildman–Crippen LogP) is 2.31. The topological polar surface area (TPSA) is 12.0 Å². The lowest BCUT2D eigenvalue weighted by Gasteiger charge is -2.28. The first-order valence-electron chi connectivity index (χ1n) is 4.76. The Morgan fingerprint density at radius 2 is 2.00 bits per heavy atom. The molecule has 1 aliphatic rings. The maximum Gasteiger partial charge on any atom is 0.125 e. The van der Waals surface area contributed by atoms with E-state index in [1.807, 2.05) is 30.3 Å². The van der Waals surface area contributed by atoms with Crippen LogP contribution in [-0.2, 0) is 0 Å². The van der Waals surface area contributed by atoms with Gasteiger partial charge < -0.3 is 5.32 Å². The fourth-order valence-electron chi connectivity index (χ4n) is 1.61. The molecule has 70 valence electrons. The lowest BCUT2D eigenvalue weighted by Crippen LogP contribution is -2.42. The summed E-state index contributed by atoms with van der Waals surface area (Å²) in [6.07, 6.45) is -0.120. The van der Waals surface area contributed by atoms with Gasteiger partial charge in [-0.25, -0.2) is 4.39 Å². The van der Waals surface area contributed by atoms with Crippen LogP contribution in [0.15, 0.2) is 30.3 Å². The minimum absolute atomic E-state index is 0.537. The molecule has 1 nitrogen and oxygen atoms in total. The van der Waals surface area contributed by atoms with E-state index >= 15 is 0 Å². The van der Waals surface area contributed by atoms with Gasteiger partial charge in [0.2, 0.25) is 0 Å². The van der Waals surface area contributed by atoms with E-state index in [1.54, 1.807) is 0 Å². The Kier molecular flexibility index (Phi) is 2.60. The van der Waals surface area contributed by atoms with Crippen LogP contribution in [0.4, 0.5) is 4.39 Å². The average Bonchev–Trinajstić information content (AvgIpc) is 2.12. The maximum atomic E-state index is 13.6. The van der Waals surface area contributed by atoms with Gasteiger partial charge in [-0.2, -0.15) is 0 Å². The first kappa shape index (κ1) is 8.70. The van der Waals surface area contributed by atoms with E-state index < -0.39 is 6.17 Å². The molecule has 1 heterocycles. The summed E-state index contributed by atoms with van der Waals surface area (Å²) in [6.45, 7) is 1.96. The maximum absolute atomic E-state index is 13.6. The molecule has 1 aliphatic heterocycles. The van der Waals surface area contributed by atoms with Crippen molar-refractivity contribution in [2.24, 2.45) is 5.92 Å². The third-order valence-corrected chi connectivity index (χ3v) is 2.57. The highest BCUT2D eigenvalue weighted by atomic mass is 19.1. The van der Waals surface area contributed by atoms with E-state index in [0.29, 0.717) is 12.3 Å². The number of nitrogens with one attached hydrogen (secondary N) is 1. The molecule has 1 aromatic rings. The Morgan fingerprint density at radius 1 is 1.31 bits per heavy atom. The third kappa shape index (κ3) is 2.07. The van der Waals surface area contributed by atoms with Gasteiger partial charge in [0, 0.05) is 0 Å². The Morgan fingerprint density at radius 3 is 2.54 bits per heavy atom. The van der Waals surface area contributed by atoms with E-state index in [-0.39, 0.29) is 0 Å². The van der Waals surface area contributed by atoms with Crippen molar-refractivity contribution in [3.05, 3.63) is 35.9 Å². The highest BCUT2D eigenvalue weighted by Crippen LogP contribution is 2.26. The molecule has 1 atom stereocenters. The Balaban J connectivity index is 1.92. The van der Waals surface area contributed by atoms with E-state index in [9.17, 15) is 4.39 Å². The van der Waals surface area contributed by atoms with Crippen molar-refractivity contribution in [3.8, 4) is 0 Å². The van der Waals surface area contributed by atoms with Crippen molar-refractivity contribution in [3.63, 3.8) is 0 Å². The summed E-state index contributed by atoms with van der Waals surface area (Å²) >= 11 is 0. The Hall–Kier alpha value is -0.890. The van der Waals surface area contributed by atoms with Crippen LogP contribution in [0.1, 0.15) is 18.2 Å². The molecule has 1 N–H and O–H groups in total. The molecule has 1 aromatic carbocycles. The number of benzene rings is 1. The van der Waals surface area contributed by atoms with Gasteiger partial charge in [0.05, 0.1) is 0 Å². The van der Waals surface area contributed by atoms with Crippen LogP contribution in [0.2, 0.25) is 0 Å². The van der Waals surface area contributed by atoms with Gasteiger partial charge in [0.25, 0.3) is 0 Å². The average molecular weight is 179 g/mol. The Labute approximate surface area is 78.0 Å². The standard InChI is InChI=1S/C11H14FN/c12-11(6-9-7-13-8-9)10-4-2-1-3-5-10/h1-5,9,11,13H,6-8H2. The van der Waals surface area contributed by atoms with E-state index in [2.05, 4.69) is 5.32 Å². The number of alkyl halides is 1. The summed E-state index contributed by atoms with van der Waals surface area (Å²) in [5, 5.41) is 3.15. The first-order valence-corrected chi connectivity index (χ1v) is 4.76. The van der Waals surface area contributed by atoms with E-state index in [1.165, 1.54) is 0 Å². The van der Waals surface area contributed by atoms with Gasteiger partial charge in [-0.05, 0) is 31.0 Å². The van der Waals surface area contributed by atoms with Crippen LogP contribution in [0, 0.1) is 5.92 Å². The van der Waals surface area contributed by atoms with Gasteiger partial charge in [-0.3, -0.25) is 0 Å². The van der Waals surface area contributed by atoms with Crippen molar-refractivity contribution in [2.75, 3.05) is 13.1 Å². The highest BCUT2D eigenvalue weighted by molar-refractivity contribution is 5.17. The van der Waals surface area contributed by atoms with Crippen molar-refractivity contribution >= 4 is 0 Å². The molecule has 2 heteroatoms. The fraction of sp³-hybridized carbons (Fsp3) is 0.455. The normalized spacial score (nSPS) is 19.5. The summed E-state index contributed by atoms with van der Waals surface area (Å²) in [5.74, 6) is 0.537. The number of halogens is 1. The van der Waals surface area contributed by atoms with Crippen molar-refractivity contribution < 1.29 is 4.39 Å². The van der Waals surface area contributed by atoms with Crippen LogP contribution in [-0.4, -0.2) is 13.1 Å². The molecule has 0 amide bonds. The van der Waals surface area contributed by atoms with Crippen LogP contribution >= 0.6 is 0 Å². The Bertz CT molecular complexity index is 256. The molecule has 13 heavy (non-hydrogen) atoms. The predicted molar refractivity (Wildman–Crippen MR) is 51.3 cm³/mol. The van der Waals surface area contributed by atoms with Crippen molar-refractivity contribution in [2.45, 2.75) is 12.6 Å². The number of hydrogen-bond donors (Lipinski definition) is 1. The summed E-state index contributed by atoms with van der Waals surface area (Å²) in [4.78, 5) is 0. The molecular formula is C11H14FN. The monoisotopic (exact) mass is 179 g/mol. The molecule has 0 saturated carbocycles. The zero-order valence-corrected chi connectivity index (χ0v) is 7.54. The van der Waals surface area contributed by atoms with Gasteiger partial charge in [-0.15, -0.1) is 0 Å². The molecule has 0 aromatic heterocycles. The smallest absolute Gasteiger partial charge is 0.125 e. The number of hydrogen-bond acceptors (Lipinski definition) is 1. The van der Waals surface area contributed by atoms with Gasteiger partial charge in [0.1, 0.15) is 6.17 Å². The third-order valence-electron chi connectivity index (χ3n) is 2.57. The lowest BCUT2D eigenvalue weighted by atomic mass is 9.93. The summed E-state index contributed by atoms with van der Waals surface area (Å²) in [7, 11) is 0. The minimum atomic E-state index is -0.784. The van der Waals surface area contributed by atoms with Crippen molar-refractivity contribution in [1.82, 2.24) is 5.32 Å². The van der Waals surface area contributed by atoms with E-state index in [4.69, 9.17) is 0 Å². The summed E-state index contributed by atoms with van der Waals surface area (Å²) in [5.41, 5.74) is 0.814. The van der Waals surface area contributed by atoms with Gasteiger partial charge in [-0.1, -0.05) is 30.3 Å². The van der Waals surface area contributed by atoms with Crippen LogP contribution in [0.5, 0.6) is 0 Å². The molecular weight excluding hydrogens is 165 g/mol. The fourth-order valence-corrected chi connectivity index (χ4v) is 1.61. The SMILES string of the molecule is FC(CC1CNC1)c1ccccc1. The van der Waals surface area contributed by atoms with Gasteiger partial charge in [0.15, 0.2) is 0 Å². The summed E-state index contributed by atoms with van der Waals surface area (Å²) < 4.78 is 13.6.